The Morgan fingerprint density at radius 3 is 2.80 bits per heavy atom. The maximum Gasteiger partial charge on any atom is 0.407 e. The summed E-state index contributed by atoms with van der Waals surface area (Å²) in [4.78, 5) is 24.4. The number of alkyl carbamates (subject to hydrolysis) is 1. The number of aromatic amines is 1. The first-order valence-corrected chi connectivity index (χ1v) is 11.7. The lowest BCUT2D eigenvalue weighted by atomic mass is 10.2. The van der Waals surface area contributed by atoms with E-state index in [0.29, 0.717) is 13.0 Å². The van der Waals surface area contributed by atoms with Crippen LogP contribution in [0.5, 0.6) is 0 Å². The normalized spacial score (nSPS) is 10.9. The van der Waals surface area contributed by atoms with Crippen molar-refractivity contribution in [1.82, 2.24) is 20.3 Å². The Morgan fingerprint density at radius 1 is 1.10 bits per heavy atom. The van der Waals surface area contributed by atoms with E-state index in [-0.39, 0.29) is 12.7 Å². The van der Waals surface area contributed by atoms with Crippen LogP contribution in [0.4, 0.5) is 4.79 Å². The Morgan fingerprint density at radius 2 is 1.93 bits per heavy atom. The Kier molecular flexibility index (Phi) is 6.99. The molecular weight excluding hydrogens is 416 g/mol. The molecule has 6 nitrogen and oxygen atoms in total. The number of carbonyl (C=O) groups is 1. The summed E-state index contributed by atoms with van der Waals surface area (Å²) in [7, 11) is 0. The average Bonchev–Trinajstić information content (AvgIpc) is 3.39. The Labute approximate surface area is 183 Å². The summed E-state index contributed by atoms with van der Waals surface area (Å²) in [5, 5.41) is 5.92. The number of carbonyl (C=O) groups excluding carboxylic acids is 1. The third-order valence-corrected chi connectivity index (χ3v) is 6.23. The molecule has 154 valence electrons. The standard InChI is InChI=1S/C22H22N4O2S2/c27-22(28-13-16-6-2-1-3-7-16)23-10-11-29-14-17-15-30-21(24-17)12-20-25-18-8-4-5-9-19(18)26-20/h1-9,15H,10-14H2,(H,23,27)(H,25,26). The highest BCUT2D eigenvalue weighted by molar-refractivity contribution is 7.98. The second-order valence-corrected chi connectivity index (χ2v) is 8.70. The van der Waals surface area contributed by atoms with Crippen molar-refractivity contribution < 1.29 is 9.53 Å². The molecule has 0 unspecified atom stereocenters. The molecule has 2 heterocycles. The third-order valence-electron chi connectivity index (χ3n) is 4.33. The van der Waals surface area contributed by atoms with E-state index in [1.807, 2.05) is 54.6 Å². The molecule has 0 atom stereocenters. The molecule has 8 heteroatoms. The van der Waals surface area contributed by atoms with Gasteiger partial charge in [-0.15, -0.1) is 11.3 Å². The number of fused-ring (bicyclic) bond motifs is 1. The van der Waals surface area contributed by atoms with Gasteiger partial charge in [0, 0.05) is 23.4 Å². The van der Waals surface area contributed by atoms with E-state index >= 15 is 0 Å². The molecule has 2 aromatic heterocycles. The van der Waals surface area contributed by atoms with E-state index in [9.17, 15) is 4.79 Å². The van der Waals surface area contributed by atoms with Gasteiger partial charge in [0.2, 0.25) is 0 Å². The van der Waals surface area contributed by atoms with Gasteiger partial charge in [-0.25, -0.2) is 14.8 Å². The molecule has 0 aliphatic carbocycles. The summed E-state index contributed by atoms with van der Waals surface area (Å²) in [6.07, 6.45) is 0.319. The van der Waals surface area contributed by atoms with Crippen LogP contribution in [0.2, 0.25) is 0 Å². The van der Waals surface area contributed by atoms with Crippen molar-refractivity contribution in [2.24, 2.45) is 0 Å². The molecule has 0 bridgehead atoms. The number of H-pyrrole nitrogens is 1. The van der Waals surface area contributed by atoms with Crippen LogP contribution in [0.25, 0.3) is 11.0 Å². The van der Waals surface area contributed by atoms with Gasteiger partial charge in [-0.05, 0) is 17.7 Å². The minimum absolute atomic E-state index is 0.284. The average molecular weight is 439 g/mol. The number of imidazole rings is 1. The van der Waals surface area contributed by atoms with Gasteiger partial charge in [-0.3, -0.25) is 0 Å². The number of thioether (sulfide) groups is 1. The van der Waals surface area contributed by atoms with Crippen LogP contribution in [-0.4, -0.2) is 33.3 Å². The van der Waals surface area contributed by atoms with Crippen molar-refractivity contribution in [3.63, 3.8) is 0 Å². The number of thiazole rings is 1. The SMILES string of the molecule is O=C(NCCSCc1csc(Cc2nc3ccccc3[nH]2)n1)OCc1ccccc1. The van der Waals surface area contributed by atoms with Crippen LogP contribution in [0.3, 0.4) is 0 Å². The van der Waals surface area contributed by atoms with Crippen molar-refractivity contribution >= 4 is 40.2 Å². The zero-order valence-corrected chi connectivity index (χ0v) is 18.0. The van der Waals surface area contributed by atoms with Crippen LogP contribution in [0, 0.1) is 0 Å². The molecule has 0 aliphatic heterocycles. The fourth-order valence-electron chi connectivity index (χ4n) is 2.91. The lowest BCUT2D eigenvalue weighted by Crippen LogP contribution is -2.26. The van der Waals surface area contributed by atoms with Crippen LogP contribution in [0.15, 0.2) is 60.0 Å². The zero-order chi connectivity index (χ0) is 20.6. The largest absolute Gasteiger partial charge is 0.445 e. The predicted molar refractivity (Wildman–Crippen MR) is 122 cm³/mol. The summed E-state index contributed by atoms with van der Waals surface area (Å²) >= 11 is 3.39. The minimum Gasteiger partial charge on any atom is -0.445 e. The highest BCUT2D eigenvalue weighted by Gasteiger charge is 2.08. The molecule has 4 rings (SSSR count). The molecule has 4 aromatic rings. The molecule has 0 saturated heterocycles. The second-order valence-electron chi connectivity index (χ2n) is 6.65. The van der Waals surface area contributed by atoms with E-state index in [0.717, 1.165) is 44.6 Å². The van der Waals surface area contributed by atoms with Gasteiger partial charge in [0.25, 0.3) is 0 Å². The number of nitrogens with one attached hydrogen (secondary N) is 2. The molecule has 0 aliphatic rings. The zero-order valence-electron chi connectivity index (χ0n) is 16.3. The summed E-state index contributed by atoms with van der Waals surface area (Å²) in [5.74, 6) is 2.55. The van der Waals surface area contributed by atoms with Crippen LogP contribution in [0.1, 0.15) is 22.1 Å². The van der Waals surface area contributed by atoms with Gasteiger partial charge < -0.3 is 15.0 Å². The number of aromatic nitrogens is 3. The van der Waals surface area contributed by atoms with Crippen LogP contribution in [-0.2, 0) is 23.5 Å². The van der Waals surface area contributed by atoms with E-state index in [2.05, 4.69) is 20.7 Å². The molecule has 0 radical (unpaired) electrons. The molecular formula is C22H22N4O2S2. The maximum atomic E-state index is 11.7. The quantitative estimate of drug-likeness (QED) is 0.368. The molecule has 2 aromatic carbocycles. The monoisotopic (exact) mass is 438 g/mol. The number of hydrogen-bond donors (Lipinski definition) is 2. The number of ether oxygens (including phenoxy) is 1. The summed E-state index contributed by atoms with van der Waals surface area (Å²) < 4.78 is 5.20. The fourth-order valence-corrected chi connectivity index (χ4v) is 4.56. The molecule has 1 amide bonds. The third kappa shape index (κ3) is 5.84. The van der Waals surface area contributed by atoms with Gasteiger partial charge in [0.05, 0.1) is 23.1 Å². The molecule has 30 heavy (non-hydrogen) atoms. The number of amides is 1. The lowest BCUT2D eigenvalue weighted by molar-refractivity contribution is 0.140. The first-order chi connectivity index (χ1) is 14.8. The summed E-state index contributed by atoms with van der Waals surface area (Å²) in [5.41, 5.74) is 4.07. The highest BCUT2D eigenvalue weighted by Crippen LogP contribution is 2.19. The first kappa shape index (κ1) is 20.4. The van der Waals surface area contributed by atoms with Crippen molar-refractivity contribution in [3.8, 4) is 0 Å². The highest BCUT2D eigenvalue weighted by atomic mass is 32.2. The molecule has 0 saturated carbocycles. The van der Waals surface area contributed by atoms with Gasteiger partial charge >= 0.3 is 6.09 Å². The maximum absolute atomic E-state index is 11.7. The molecule has 0 fully saturated rings. The molecule has 2 N–H and O–H groups in total. The number of para-hydroxylation sites is 2. The number of hydrogen-bond acceptors (Lipinski definition) is 6. The van der Waals surface area contributed by atoms with Crippen molar-refractivity contribution in [2.45, 2.75) is 18.8 Å². The van der Waals surface area contributed by atoms with E-state index in [4.69, 9.17) is 9.72 Å². The Balaban J connectivity index is 1.14. The Hall–Kier alpha value is -2.84. The minimum atomic E-state index is -0.388. The number of nitrogens with zero attached hydrogens (tertiary/aromatic N) is 2. The second kappa shape index (κ2) is 10.3. The number of rotatable bonds is 9. The van der Waals surface area contributed by atoms with Crippen LogP contribution >= 0.6 is 23.1 Å². The van der Waals surface area contributed by atoms with Gasteiger partial charge in [-0.2, -0.15) is 11.8 Å². The van der Waals surface area contributed by atoms with Crippen molar-refractivity contribution in [3.05, 3.63) is 82.1 Å². The van der Waals surface area contributed by atoms with Crippen molar-refractivity contribution in [2.75, 3.05) is 12.3 Å². The predicted octanol–water partition coefficient (Wildman–Crippen LogP) is 4.77. The Bertz CT molecular complexity index is 1060. The lowest BCUT2D eigenvalue weighted by Gasteiger charge is -2.06. The van der Waals surface area contributed by atoms with Gasteiger partial charge in [-0.1, -0.05) is 42.5 Å². The van der Waals surface area contributed by atoms with E-state index < -0.39 is 0 Å². The molecule has 0 spiro atoms. The first-order valence-electron chi connectivity index (χ1n) is 9.65. The fraction of sp³-hybridized carbons (Fsp3) is 0.227. The topological polar surface area (TPSA) is 79.9 Å². The smallest absolute Gasteiger partial charge is 0.407 e. The van der Waals surface area contributed by atoms with Gasteiger partial charge in [0.1, 0.15) is 17.4 Å². The van der Waals surface area contributed by atoms with Gasteiger partial charge in [0.15, 0.2) is 0 Å². The van der Waals surface area contributed by atoms with E-state index in [1.165, 1.54) is 0 Å². The number of benzene rings is 2. The summed E-state index contributed by atoms with van der Waals surface area (Å²) in [6.45, 7) is 0.848. The van der Waals surface area contributed by atoms with E-state index in [1.54, 1.807) is 23.1 Å². The summed E-state index contributed by atoms with van der Waals surface area (Å²) in [6, 6.07) is 17.7. The van der Waals surface area contributed by atoms with Crippen molar-refractivity contribution in [1.29, 1.82) is 0 Å². The van der Waals surface area contributed by atoms with Crippen LogP contribution < -0.4 is 5.32 Å².